The Balaban J connectivity index is 1.57. The number of amides is 1. The summed E-state index contributed by atoms with van der Waals surface area (Å²) in [6.07, 6.45) is 1.98. The molecule has 3 rings (SSSR count). The van der Waals surface area contributed by atoms with E-state index in [9.17, 15) is 13.2 Å². The number of anilines is 1. The highest BCUT2D eigenvalue weighted by Crippen LogP contribution is 2.24. The molecule has 1 aliphatic heterocycles. The molecular formula is C21H28N3O3S2+. The molecule has 1 fully saturated rings. The average Bonchev–Trinajstić information content (AvgIpc) is 2.70. The second-order valence-corrected chi connectivity index (χ2v) is 10.1. The van der Waals surface area contributed by atoms with Gasteiger partial charge in [0.25, 0.3) is 5.91 Å². The minimum atomic E-state index is -3.49. The lowest BCUT2D eigenvalue weighted by Crippen LogP contribution is -3.15. The Morgan fingerprint density at radius 2 is 1.79 bits per heavy atom. The topological polar surface area (TPSA) is 70.9 Å². The van der Waals surface area contributed by atoms with Gasteiger partial charge < -0.3 is 10.2 Å². The molecule has 1 saturated heterocycles. The van der Waals surface area contributed by atoms with Crippen molar-refractivity contribution in [3.63, 3.8) is 0 Å². The number of piperazine rings is 1. The Hall–Kier alpha value is -1.87. The van der Waals surface area contributed by atoms with E-state index in [1.54, 1.807) is 23.9 Å². The first-order chi connectivity index (χ1) is 13.8. The molecule has 6 nitrogen and oxygen atoms in total. The predicted molar refractivity (Wildman–Crippen MR) is 117 cm³/mol. The number of nitrogens with zero attached hydrogens (tertiary/aromatic N) is 1. The maximum Gasteiger partial charge on any atom is 0.279 e. The van der Waals surface area contributed by atoms with Gasteiger partial charge in [-0.15, -0.1) is 11.8 Å². The van der Waals surface area contributed by atoms with E-state index in [1.165, 1.54) is 4.31 Å². The van der Waals surface area contributed by atoms with Crippen LogP contribution in [0.1, 0.15) is 11.1 Å². The van der Waals surface area contributed by atoms with Crippen LogP contribution >= 0.6 is 11.8 Å². The maximum absolute atomic E-state index is 12.9. The second kappa shape index (κ2) is 9.30. The molecule has 0 unspecified atom stereocenters. The van der Waals surface area contributed by atoms with Crippen LogP contribution in [-0.2, 0) is 14.8 Å². The van der Waals surface area contributed by atoms with E-state index >= 15 is 0 Å². The molecule has 1 aliphatic rings. The number of quaternary nitrogens is 1. The standard InChI is InChI=1S/C21H27N3O3S2/c1-16-8-9-18(14-17(16)2)29(26,27)24-12-10-23(11-13-24)15-21(25)22-19-6-4-5-7-20(19)28-3/h4-9,14H,10-13,15H2,1-3H3,(H,22,25)/p+1. The van der Waals surface area contributed by atoms with Crippen molar-refractivity contribution in [1.82, 2.24) is 4.31 Å². The second-order valence-electron chi connectivity index (χ2n) is 7.33. The predicted octanol–water partition coefficient (Wildman–Crippen LogP) is 1.55. The lowest BCUT2D eigenvalue weighted by Gasteiger charge is -2.31. The zero-order valence-corrected chi connectivity index (χ0v) is 18.7. The van der Waals surface area contributed by atoms with E-state index in [0.717, 1.165) is 26.6 Å². The van der Waals surface area contributed by atoms with Crippen LogP contribution in [0.3, 0.4) is 0 Å². The van der Waals surface area contributed by atoms with Crippen LogP contribution in [0, 0.1) is 13.8 Å². The van der Waals surface area contributed by atoms with Gasteiger partial charge in [-0.2, -0.15) is 4.31 Å². The SMILES string of the molecule is CSc1ccccc1NC(=O)C[NH+]1CCN(S(=O)(=O)c2ccc(C)c(C)c2)CC1. The van der Waals surface area contributed by atoms with Crippen LogP contribution in [0.5, 0.6) is 0 Å². The van der Waals surface area contributed by atoms with Gasteiger partial charge in [-0.05, 0) is 55.5 Å². The van der Waals surface area contributed by atoms with Crippen molar-refractivity contribution in [2.75, 3.05) is 44.3 Å². The lowest BCUT2D eigenvalue weighted by molar-refractivity contribution is -0.895. The summed E-state index contributed by atoms with van der Waals surface area (Å²) in [4.78, 5) is 14.9. The number of sulfonamides is 1. The van der Waals surface area contributed by atoms with Crippen molar-refractivity contribution in [3.05, 3.63) is 53.6 Å². The molecule has 0 bridgehead atoms. The third kappa shape index (κ3) is 5.19. The molecule has 0 saturated carbocycles. The van der Waals surface area contributed by atoms with Crippen molar-refractivity contribution in [2.45, 2.75) is 23.6 Å². The zero-order valence-electron chi connectivity index (χ0n) is 17.1. The summed E-state index contributed by atoms with van der Waals surface area (Å²) in [5.41, 5.74) is 2.87. The van der Waals surface area contributed by atoms with Gasteiger partial charge in [0.2, 0.25) is 10.0 Å². The van der Waals surface area contributed by atoms with Crippen molar-refractivity contribution in [3.8, 4) is 0 Å². The van der Waals surface area contributed by atoms with Crippen LogP contribution in [0.4, 0.5) is 5.69 Å². The molecule has 1 amide bonds. The van der Waals surface area contributed by atoms with Gasteiger partial charge in [0, 0.05) is 4.90 Å². The molecular weight excluding hydrogens is 406 g/mol. The Labute approximate surface area is 177 Å². The molecule has 0 radical (unpaired) electrons. The molecule has 8 heteroatoms. The first kappa shape index (κ1) is 21.8. The van der Waals surface area contributed by atoms with Crippen molar-refractivity contribution in [1.29, 1.82) is 0 Å². The zero-order chi connectivity index (χ0) is 21.0. The molecule has 29 heavy (non-hydrogen) atoms. The van der Waals surface area contributed by atoms with Crippen LogP contribution in [0.2, 0.25) is 0 Å². The number of para-hydroxylation sites is 1. The summed E-state index contributed by atoms with van der Waals surface area (Å²) in [6.45, 7) is 6.28. The summed E-state index contributed by atoms with van der Waals surface area (Å²) in [5.74, 6) is -0.0491. The van der Waals surface area contributed by atoms with Gasteiger partial charge >= 0.3 is 0 Å². The van der Waals surface area contributed by atoms with Gasteiger partial charge in [-0.1, -0.05) is 18.2 Å². The third-order valence-corrected chi connectivity index (χ3v) is 8.03. The number of nitrogens with one attached hydrogen (secondary N) is 2. The molecule has 0 aromatic heterocycles. The quantitative estimate of drug-likeness (QED) is 0.677. The number of thioether (sulfide) groups is 1. The van der Waals surface area contributed by atoms with E-state index in [0.29, 0.717) is 37.6 Å². The Morgan fingerprint density at radius 3 is 2.45 bits per heavy atom. The molecule has 1 heterocycles. The summed E-state index contributed by atoms with van der Waals surface area (Å²) in [5, 5.41) is 2.98. The highest BCUT2D eigenvalue weighted by Gasteiger charge is 2.31. The monoisotopic (exact) mass is 434 g/mol. The fourth-order valence-electron chi connectivity index (χ4n) is 3.41. The Kier molecular flexibility index (Phi) is 7.00. The molecule has 0 spiro atoms. The molecule has 156 valence electrons. The molecule has 0 aliphatic carbocycles. The van der Waals surface area contributed by atoms with Crippen LogP contribution < -0.4 is 10.2 Å². The number of benzene rings is 2. The highest BCUT2D eigenvalue weighted by molar-refractivity contribution is 7.98. The molecule has 2 aromatic carbocycles. The summed E-state index contributed by atoms with van der Waals surface area (Å²) in [6, 6.07) is 13.0. The Morgan fingerprint density at radius 1 is 1.10 bits per heavy atom. The number of hydrogen-bond acceptors (Lipinski definition) is 4. The first-order valence-corrected chi connectivity index (χ1v) is 12.3. The summed E-state index contributed by atoms with van der Waals surface area (Å²) < 4.78 is 27.4. The van der Waals surface area contributed by atoms with Gasteiger partial charge in [0.05, 0.1) is 36.8 Å². The fourth-order valence-corrected chi connectivity index (χ4v) is 5.49. The fraction of sp³-hybridized carbons (Fsp3) is 0.381. The highest BCUT2D eigenvalue weighted by atomic mass is 32.2. The number of hydrogen-bond donors (Lipinski definition) is 2. The van der Waals surface area contributed by atoms with E-state index < -0.39 is 10.0 Å². The van der Waals surface area contributed by atoms with Crippen LogP contribution in [0.15, 0.2) is 52.3 Å². The summed E-state index contributed by atoms with van der Waals surface area (Å²) >= 11 is 1.59. The minimum absolute atomic E-state index is 0.0491. The van der Waals surface area contributed by atoms with E-state index in [4.69, 9.17) is 0 Å². The molecule has 2 aromatic rings. The number of aryl methyl sites for hydroxylation is 2. The van der Waals surface area contributed by atoms with Gasteiger partial charge in [0.15, 0.2) is 6.54 Å². The van der Waals surface area contributed by atoms with E-state index in [2.05, 4.69) is 5.32 Å². The van der Waals surface area contributed by atoms with Crippen molar-refractivity contribution in [2.24, 2.45) is 0 Å². The van der Waals surface area contributed by atoms with E-state index in [1.807, 2.05) is 50.4 Å². The molecule has 2 N–H and O–H groups in total. The average molecular weight is 435 g/mol. The van der Waals surface area contributed by atoms with Gasteiger partial charge in [0.1, 0.15) is 0 Å². The first-order valence-electron chi connectivity index (χ1n) is 9.65. The lowest BCUT2D eigenvalue weighted by atomic mass is 10.1. The largest absolute Gasteiger partial charge is 0.325 e. The van der Waals surface area contributed by atoms with Crippen molar-refractivity contribution < 1.29 is 18.1 Å². The minimum Gasteiger partial charge on any atom is -0.325 e. The van der Waals surface area contributed by atoms with Crippen LogP contribution in [-0.4, -0.2) is 57.6 Å². The third-order valence-electron chi connectivity index (χ3n) is 5.34. The number of rotatable bonds is 6. The number of carbonyl (C=O) groups is 1. The smallest absolute Gasteiger partial charge is 0.279 e. The maximum atomic E-state index is 12.9. The van der Waals surface area contributed by atoms with E-state index in [-0.39, 0.29) is 5.91 Å². The van der Waals surface area contributed by atoms with Crippen molar-refractivity contribution >= 4 is 33.4 Å². The number of carbonyl (C=O) groups excluding carboxylic acids is 1. The van der Waals surface area contributed by atoms with Gasteiger partial charge in [-0.3, -0.25) is 4.79 Å². The summed E-state index contributed by atoms with van der Waals surface area (Å²) in [7, 11) is -3.49. The Bertz CT molecular complexity index is 984. The molecule has 0 atom stereocenters. The van der Waals surface area contributed by atoms with Crippen LogP contribution in [0.25, 0.3) is 0 Å². The normalized spacial score (nSPS) is 16.0. The van der Waals surface area contributed by atoms with Gasteiger partial charge in [-0.25, -0.2) is 8.42 Å².